The lowest BCUT2D eigenvalue weighted by molar-refractivity contribution is -0.385. The van der Waals surface area contributed by atoms with Gasteiger partial charge in [0, 0.05) is 24.1 Å². The van der Waals surface area contributed by atoms with Crippen LogP contribution in [0.3, 0.4) is 0 Å². The van der Waals surface area contributed by atoms with Gasteiger partial charge in [-0.25, -0.2) is 0 Å². The van der Waals surface area contributed by atoms with Crippen LogP contribution in [0.1, 0.15) is 28.4 Å². The Labute approximate surface area is 138 Å². The Bertz CT molecular complexity index is 831. The Hall–Kier alpha value is -3.22. The highest BCUT2D eigenvalue weighted by Crippen LogP contribution is 2.25. The lowest BCUT2D eigenvalue weighted by Crippen LogP contribution is -2.15. The van der Waals surface area contributed by atoms with Crippen molar-refractivity contribution >= 4 is 28.9 Å². The zero-order valence-corrected chi connectivity index (χ0v) is 13.5. The summed E-state index contributed by atoms with van der Waals surface area (Å²) in [6.45, 7) is 4.82. The zero-order chi connectivity index (χ0) is 17.9. The summed E-state index contributed by atoms with van der Waals surface area (Å²) in [6.07, 6.45) is 0. The van der Waals surface area contributed by atoms with E-state index in [9.17, 15) is 19.7 Å². The van der Waals surface area contributed by atoms with Crippen molar-refractivity contribution in [2.75, 3.05) is 10.6 Å². The summed E-state index contributed by atoms with van der Waals surface area (Å²) in [4.78, 5) is 34.0. The summed E-state index contributed by atoms with van der Waals surface area (Å²) in [5.41, 5.74) is 2.53. The van der Waals surface area contributed by atoms with Gasteiger partial charge in [0.15, 0.2) is 0 Å². The van der Waals surface area contributed by atoms with Gasteiger partial charge < -0.3 is 10.6 Å². The molecule has 24 heavy (non-hydrogen) atoms. The fraction of sp³-hybridized carbons (Fsp3) is 0.176. The van der Waals surface area contributed by atoms with Gasteiger partial charge in [0.25, 0.3) is 11.6 Å². The minimum atomic E-state index is -0.494. The summed E-state index contributed by atoms with van der Waals surface area (Å²) in [7, 11) is 0. The number of aryl methyl sites for hydroxylation is 2. The van der Waals surface area contributed by atoms with Crippen LogP contribution in [0, 0.1) is 24.0 Å². The van der Waals surface area contributed by atoms with Crippen LogP contribution in [-0.2, 0) is 4.79 Å². The van der Waals surface area contributed by atoms with Crippen molar-refractivity contribution in [3.8, 4) is 0 Å². The van der Waals surface area contributed by atoms with E-state index in [4.69, 9.17) is 0 Å². The average Bonchev–Trinajstić information content (AvgIpc) is 2.49. The first kappa shape index (κ1) is 17.1. The topological polar surface area (TPSA) is 101 Å². The van der Waals surface area contributed by atoms with Crippen LogP contribution < -0.4 is 10.6 Å². The molecule has 0 bridgehead atoms. The SMILES string of the molecule is CC(=O)Nc1ccc(C)cc1NC(=O)c1ccc([N+](=O)[O-])c(C)c1. The number of carbonyl (C=O) groups excluding carboxylic acids is 2. The van der Waals surface area contributed by atoms with Crippen molar-refractivity contribution < 1.29 is 14.5 Å². The van der Waals surface area contributed by atoms with Gasteiger partial charge in [-0.15, -0.1) is 0 Å². The van der Waals surface area contributed by atoms with Crippen molar-refractivity contribution in [1.29, 1.82) is 0 Å². The molecule has 2 amide bonds. The van der Waals surface area contributed by atoms with Crippen LogP contribution in [0.15, 0.2) is 36.4 Å². The molecule has 7 nitrogen and oxygen atoms in total. The molecule has 0 saturated carbocycles. The van der Waals surface area contributed by atoms with Crippen molar-refractivity contribution in [2.24, 2.45) is 0 Å². The molecule has 0 aliphatic heterocycles. The second kappa shape index (κ2) is 6.91. The maximum Gasteiger partial charge on any atom is 0.272 e. The molecule has 7 heteroatoms. The van der Waals surface area contributed by atoms with E-state index in [-0.39, 0.29) is 11.6 Å². The smallest absolute Gasteiger partial charge is 0.272 e. The molecule has 2 aromatic carbocycles. The number of benzene rings is 2. The predicted octanol–water partition coefficient (Wildman–Crippen LogP) is 3.42. The lowest BCUT2D eigenvalue weighted by atomic mass is 10.1. The number of nitro benzene ring substituents is 1. The standard InChI is InChI=1S/C17H17N3O4/c1-10-4-6-14(18-12(3)21)15(8-10)19-17(22)13-5-7-16(20(23)24)11(2)9-13/h4-9H,1-3H3,(H,18,21)(H,19,22). The molecule has 0 atom stereocenters. The van der Waals surface area contributed by atoms with E-state index in [1.54, 1.807) is 19.1 Å². The first-order valence-corrected chi connectivity index (χ1v) is 7.22. The Morgan fingerprint density at radius 2 is 1.71 bits per heavy atom. The fourth-order valence-electron chi connectivity index (χ4n) is 2.26. The fourth-order valence-corrected chi connectivity index (χ4v) is 2.26. The summed E-state index contributed by atoms with van der Waals surface area (Å²) in [5.74, 6) is -0.661. The number of nitrogens with one attached hydrogen (secondary N) is 2. The summed E-state index contributed by atoms with van der Waals surface area (Å²) in [6, 6.07) is 9.41. The maximum atomic E-state index is 12.4. The van der Waals surface area contributed by atoms with Crippen LogP contribution in [0.5, 0.6) is 0 Å². The second-order valence-corrected chi connectivity index (χ2v) is 5.44. The normalized spacial score (nSPS) is 10.1. The highest BCUT2D eigenvalue weighted by molar-refractivity contribution is 6.07. The monoisotopic (exact) mass is 327 g/mol. The molecule has 0 heterocycles. The number of nitrogens with zero attached hydrogens (tertiary/aromatic N) is 1. The molecule has 0 radical (unpaired) electrons. The molecule has 124 valence electrons. The number of carbonyl (C=O) groups is 2. The quantitative estimate of drug-likeness (QED) is 0.663. The van der Waals surface area contributed by atoms with E-state index in [1.807, 2.05) is 13.0 Å². The Morgan fingerprint density at radius 3 is 2.29 bits per heavy atom. The van der Waals surface area contributed by atoms with E-state index in [0.717, 1.165) is 5.56 Å². The number of hydrogen-bond donors (Lipinski definition) is 2. The third-order valence-corrected chi connectivity index (χ3v) is 3.39. The molecule has 2 aromatic rings. The van der Waals surface area contributed by atoms with Gasteiger partial charge in [-0.05, 0) is 43.7 Å². The number of anilines is 2. The Balaban J connectivity index is 2.29. The lowest BCUT2D eigenvalue weighted by Gasteiger charge is -2.12. The van der Waals surface area contributed by atoms with E-state index < -0.39 is 10.8 Å². The first-order chi connectivity index (χ1) is 11.3. The summed E-state index contributed by atoms with van der Waals surface area (Å²) >= 11 is 0. The largest absolute Gasteiger partial charge is 0.325 e. The van der Waals surface area contributed by atoms with Gasteiger partial charge in [-0.2, -0.15) is 0 Å². The Morgan fingerprint density at radius 1 is 1.00 bits per heavy atom. The zero-order valence-electron chi connectivity index (χ0n) is 13.5. The van der Waals surface area contributed by atoms with E-state index >= 15 is 0 Å². The molecule has 0 aliphatic carbocycles. The molecule has 0 aliphatic rings. The van der Waals surface area contributed by atoms with E-state index in [0.29, 0.717) is 22.5 Å². The summed E-state index contributed by atoms with van der Waals surface area (Å²) < 4.78 is 0. The molecule has 0 saturated heterocycles. The minimum absolute atomic E-state index is 0.0407. The van der Waals surface area contributed by atoms with Crippen LogP contribution in [0.4, 0.5) is 17.1 Å². The number of hydrogen-bond acceptors (Lipinski definition) is 4. The summed E-state index contributed by atoms with van der Waals surface area (Å²) in [5, 5.41) is 16.2. The number of nitro groups is 1. The molecular weight excluding hydrogens is 310 g/mol. The molecule has 0 spiro atoms. The Kier molecular flexibility index (Phi) is 4.93. The van der Waals surface area contributed by atoms with Crippen LogP contribution in [0.2, 0.25) is 0 Å². The minimum Gasteiger partial charge on any atom is -0.325 e. The van der Waals surface area contributed by atoms with Gasteiger partial charge in [-0.3, -0.25) is 19.7 Å². The van der Waals surface area contributed by atoms with E-state index in [1.165, 1.54) is 25.1 Å². The van der Waals surface area contributed by atoms with Gasteiger partial charge in [0.05, 0.1) is 16.3 Å². The maximum absolute atomic E-state index is 12.4. The molecule has 0 unspecified atom stereocenters. The molecule has 2 rings (SSSR count). The van der Waals surface area contributed by atoms with Crippen molar-refractivity contribution in [1.82, 2.24) is 0 Å². The van der Waals surface area contributed by atoms with Gasteiger partial charge >= 0.3 is 0 Å². The third-order valence-electron chi connectivity index (χ3n) is 3.39. The van der Waals surface area contributed by atoms with Gasteiger partial charge in [-0.1, -0.05) is 6.07 Å². The number of rotatable bonds is 4. The second-order valence-electron chi connectivity index (χ2n) is 5.44. The van der Waals surface area contributed by atoms with Crippen LogP contribution >= 0.6 is 0 Å². The molecule has 0 fully saturated rings. The molecule has 2 N–H and O–H groups in total. The first-order valence-electron chi connectivity index (χ1n) is 7.22. The third kappa shape index (κ3) is 3.95. The van der Waals surface area contributed by atoms with Crippen molar-refractivity contribution in [3.05, 3.63) is 63.2 Å². The molecular formula is C17H17N3O4. The highest BCUT2D eigenvalue weighted by Gasteiger charge is 2.15. The van der Waals surface area contributed by atoms with Crippen molar-refractivity contribution in [2.45, 2.75) is 20.8 Å². The van der Waals surface area contributed by atoms with Crippen molar-refractivity contribution in [3.63, 3.8) is 0 Å². The van der Waals surface area contributed by atoms with Crippen LogP contribution in [-0.4, -0.2) is 16.7 Å². The van der Waals surface area contributed by atoms with Gasteiger partial charge in [0.1, 0.15) is 0 Å². The molecule has 0 aromatic heterocycles. The van der Waals surface area contributed by atoms with E-state index in [2.05, 4.69) is 10.6 Å². The predicted molar refractivity (Wildman–Crippen MR) is 91.3 cm³/mol. The van der Waals surface area contributed by atoms with Crippen LogP contribution in [0.25, 0.3) is 0 Å². The number of amides is 2. The highest BCUT2D eigenvalue weighted by atomic mass is 16.6. The van der Waals surface area contributed by atoms with Gasteiger partial charge in [0.2, 0.25) is 5.91 Å². The average molecular weight is 327 g/mol.